The summed E-state index contributed by atoms with van der Waals surface area (Å²) in [6.45, 7) is 2.22. The SMILES string of the molecule is O=C1CCC(=O)N(c2ccc(C(=O)NCc3ccc4c(c3)CNC4)cc2)N1. The minimum absolute atomic E-state index is 0.169. The summed E-state index contributed by atoms with van der Waals surface area (Å²) in [6.07, 6.45) is 0.388. The van der Waals surface area contributed by atoms with Gasteiger partial charge in [-0.05, 0) is 41.0 Å². The van der Waals surface area contributed by atoms with E-state index in [1.807, 2.05) is 6.07 Å². The van der Waals surface area contributed by atoms with Crippen molar-refractivity contribution >= 4 is 23.4 Å². The number of anilines is 1. The molecule has 4 rings (SSSR count). The Kier molecular flexibility index (Phi) is 4.60. The molecule has 2 aliphatic rings. The Morgan fingerprint density at radius 2 is 1.78 bits per heavy atom. The Bertz CT molecular complexity index is 908. The first-order valence-electron chi connectivity index (χ1n) is 8.92. The van der Waals surface area contributed by atoms with Crippen LogP contribution in [0.15, 0.2) is 42.5 Å². The Morgan fingerprint density at radius 3 is 2.59 bits per heavy atom. The maximum absolute atomic E-state index is 12.4. The van der Waals surface area contributed by atoms with Crippen molar-refractivity contribution in [2.24, 2.45) is 0 Å². The molecule has 0 aliphatic carbocycles. The van der Waals surface area contributed by atoms with Gasteiger partial charge >= 0.3 is 0 Å². The molecule has 0 bridgehead atoms. The standard InChI is InChI=1S/C20H20N4O3/c25-18-7-8-19(26)24(23-18)17-5-3-14(4-6-17)20(27)22-10-13-1-2-15-11-21-12-16(15)9-13/h1-6,9,21H,7-8,10-12H2,(H,22,27)(H,23,25). The van der Waals surface area contributed by atoms with Crippen molar-refractivity contribution in [1.29, 1.82) is 0 Å². The van der Waals surface area contributed by atoms with Gasteiger partial charge in [-0.25, -0.2) is 5.01 Å². The number of nitrogens with one attached hydrogen (secondary N) is 3. The molecule has 138 valence electrons. The second kappa shape index (κ2) is 7.20. The summed E-state index contributed by atoms with van der Waals surface area (Å²) >= 11 is 0. The van der Waals surface area contributed by atoms with Gasteiger partial charge in [0.2, 0.25) is 11.8 Å². The third-order valence-corrected chi connectivity index (χ3v) is 4.79. The molecule has 1 fully saturated rings. The van der Waals surface area contributed by atoms with Gasteiger partial charge in [-0.1, -0.05) is 18.2 Å². The number of nitrogens with zero attached hydrogens (tertiary/aromatic N) is 1. The van der Waals surface area contributed by atoms with Gasteiger partial charge in [-0.3, -0.25) is 19.8 Å². The molecule has 1 saturated heterocycles. The van der Waals surface area contributed by atoms with Crippen molar-refractivity contribution in [3.05, 3.63) is 64.7 Å². The molecule has 7 heteroatoms. The molecule has 27 heavy (non-hydrogen) atoms. The molecule has 3 amide bonds. The van der Waals surface area contributed by atoms with Crippen LogP contribution < -0.4 is 21.1 Å². The van der Waals surface area contributed by atoms with Crippen molar-refractivity contribution in [2.45, 2.75) is 32.5 Å². The normalized spacial score (nSPS) is 16.1. The summed E-state index contributed by atoms with van der Waals surface area (Å²) in [4.78, 5) is 35.8. The molecule has 0 atom stereocenters. The second-order valence-electron chi connectivity index (χ2n) is 6.70. The molecule has 2 aromatic carbocycles. The first-order chi connectivity index (χ1) is 13.1. The zero-order valence-corrected chi connectivity index (χ0v) is 14.7. The van der Waals surface area contributed by atoms with Crippen molar-refractivity contribution < 1.29 is 14.4 Å². The molecular formula is C20H20N4O3. The molecule has 0 saturated carbocycles. The van der Waals surface area contributed by atoms with E-state index in [0.717, 1.165) is 18.7 Å². The molecule has 2 heterocycles. The van der Waals surface area contributed by atoms with Gasteiger partial charge in [0.15, 0.2) is 0 Å². The topological polar surface area (TPSA) is 90.5 Å². The van der Waals surface area contributed by atoms with Crippen LogP contribution in [0.3, 0.4) is 0 Å². The van der Waals surface area contributed by atoms with Gasteiger partial charge in [-0.15, -0.1) is 0 Å². The highest BCUT2D eigenvalue weighted by Crippen LogP contribution is 2.19. The molecule has 2 aliphatic heterocycles. The number of rotatable bonds is 4. The molecule has 0 radical (unpaired) electrons. The number of carbonyl (C=O) groups excluding carboxylic acids is 3. The zero-order valence-electron chi connectivity index (χ0n) is 14.7. The van der Waals surface area contributed by atoms with Crippen LogP contribution in [0.1, 0.15) is 39.9 Å². The van der Waals surface area contributed by atoms with Crippen LogP contribution in [-0.4, -0.2) is 17.7 Å². The third kappa shape index (κ3) is 3.68. The number of hydrazine groups is 1. The number of hydrogen-bond donors (Lipinski definition) is 3. The monoisotopic (exact) mass is 364 g/mol. The fourth-order valence-electron chi connectivity index (χ4n) is 3.29. The van der Waals surface area contributed by atoms with E-state index >= 15 is 0 Å². The van der Waals surface area contributed by atoms with Gasteiger partial charge < -0.3 is 10.6 Å². The van der Waals surface area contributed by atoms with Crippen molar-refractivity contribution in [3.8, 4) is 0 Å². The lowest BCUT2D eigenvalue weighted by atomic mass is 10.1. The summed E-state index contributed by atoms with van der Waals surface area (Å²) in [7, 11) is 0. The molecule has 3 N–H and O–H groups in total. The lowest BCUT2D eigenvalue weighted by Crippen LogP contribution is -2.50. The van der Waals surface area contributed by atoms with Crippen molar-refractivity contribution in [2.75, 3.05) is 5.01 Å². The largest absolute Gasteiger partial charge is 0.348 e. The van der Waals surface area contributed by atoms with E-state index in [1.165, 1.54) is 16.1 Å². The van der Waals surface area contributed by atoms with E-state index in [9.17, 15) is 14.4 Å². The molecule has 0 spiro atoms. The summed E-state index contributed by atoms with van der Waals surface area (Å²) in [5.74, 6) is -0.548. The Balaban J connectivity index is 1.39. The van der Waals surface area contributed by atoms with E-state index < -0.39 is 0 Å². The maximum atomic E-state index is 12.4. The van der Waals surface area contributed by atoms with Gasteiger partial charge in [0, 0.05) is 38.0 Å². The fraction of sp³-hybridized carbons (Fsp3) is 0.250. The maximum Gasteiger partial charge on any atom is 0.251 e. The first kappa shape index (κ1) is 17.2. The van der Waals surface area contributed by atoms with Crippen LogP contribution in [-0.2, 0) is 29.2 Å². The highest BCUT2D eigenvalue weighted by atomic mass is 16.2. The first-order valence-corrected chi connectivity index (χ1v) is 8.92. The summed E-state index contributed by atoms with van der Waals surface area (Å²) < 4.78 is 0. The average molecular weight is 364 g/mol. The van der Waals surface area contributed by atoms with Gasteiger partial charge in [-0.2, -0.15) is 0 Å². The van der Waals surface area contributed by atoms with E-state index in [-0.39, 0.29) is 30.6 Å². The number of fused-ring (bicyclic) bond motifs is 1. The fourth-order valence-corrected chi connectivity index (χ4v) is 3.29. The number of benzene rings is 2. The average Bonchev–Trinajstić information content (AvgIpc) is 3.16. The summed E-state index contributed by atoms with van der Waals surface area (Å²) in [5, 5.41) is 7.44. The summed E-state index contributed by atoms with van der Waals surface area (Å²) in [6, 6.07) is 12.8. The van der Waals surface area contributed by atoms with Crippen LogP contribution in [0.2, 0.25) is 0 Å². The Labute approximate surface area is 156 Å². The van der Waals surface area contributed by atoms with Crippen LogP contribution >= 0.6 is 0 Å². The van der Waals surface area contributed by atoms with E-state index in [2.05, 4.69) is 28.2 Å². The van der Waals surface area contributed by atoms with Gasteiger partial charge in [0.05, 0.1) is 5.69 Å². The Hall–Kier alpha value is -3.19. The van der Waals surface area contributed by atoms with Crippen LogP contribution in [0, 0.1) is 0 Å². The molecule has 2 aromatic rings. The lowest BCUT2D eigenvalue weighted by Gasteiger charge is -2.27. The zero-order chi connectivity index (χ0) is 18.8. The predicted molar refractivity (Wildman–Crippen MR) is 99.5 cm³/mol. The third-order valence-electron chi connectivity index (χ3n) is 4.79. The highest BCUT2D eigenvalue weighted by molar-refractivity contribution is 6.01. The number of amides is 3. The minimum Gasteiger partial charge on any atom is -0.348 e. The molecule has 0 unspecified atom stereocenters. The van der Waals surface area contributed by atoms with Gasteiger partial charge in [0.25, 0.3) is 5.91 Å². The molecule has 7 nitrogen and oxygen atoms in total. The van der Waals surface area contributed by atoms with E-state index in [1.54, 1.807) is 24.3 Å². The van der Waals surface area contributed by atoms with E-state index in [0.29, 0.717) is 17.8 Å². The van der Waals surface area contributed by atoms with Crippen molar-refractivity contribution in [1.82, 2.24) is 16.1 Å². The second-order valence-corrected chi connectivity index (χ2v) is 6.70. The highest BCUT2D eigenvalue weighted by Gasteiger charge is 2.24. The van der Waals surface area contributed by atoms with Crippen molar-refractivity contribution in [3.63, 3.8) is 0 Å². The Morgan fingerprint density at radius 1 is 1.00 bits per heavy atom. The minimum atomic E-state index is -0.194. The van der Waals surface area contributed by atoms with Gasteiger partial charge in [0.1, 0.15) is 0 Å². The number of hydrogen-bond acceptors (Lipinski definition) is 4. The lowest BCUT2D eigenvalue weighted by molar-refractivity contribution is -0.130. The predicted octanol–water partition coefficient (Wildman–Crippen LogP) is 1.38. The summed E-state index contributed by atoms with van der Waals surface area (Å²) in [5.41, 5.74) is 7.21. The molecular weight excluding hydrogens is 344 g/mol. The van der Waals surface area contributed by atoms with Crippen LogP contribution in [0.5, 0.6) is 0 Å². The number of carbonyl (C=O) groups is 3. The molecule has 0 aromatic heterocycles. The van der Waals surface area contributed by atoms with Crippen LogP contribution in [0.4, 0.5) is 5.69 Å². The van der Waals surface area contributed by atoms with E-state index in [4.69, 9.17) is 0 Å². The van der Waals surface area contributed by atoms with Crippen LogP contribution in [0.25, 0.3) is 0 Å². The quantitative estimate of drug-likeness (QED) is 0.764. The smallest absolute Gasteiger partial charge is 0.251 e.